The van der Waals surface area contributed by atoms with Crippen LogP contribution in [0.1, 0.15) is 0 Å². The van der Waals surface area contributed by atoms with Crippen molar-refractivity contribution >= 4 is 41.7 Å². The van der Waals surface area contributed by atoms with E-state index in [1.807, 2.05) is 0 Å². The highest BCUT2D eigenvalue weighted by atomic mass is 79.9. The van der Waals surface area contributed by atoms with Gasteiger partial charge in [0, 0.05) is 42.8 Å². The normalized spacial score (nSPS) is 16.8. The molecule has 2 aromatic carbocycles. The number of nitro groups is 1. The smallest absolute Gasteiger partial charge is 0.258 e. The van der Waals surface area contributed by atoms with E-state index in [1.54, 1.807) is 12.1 Å². The summed E-state index contributed by atoms with van der Waals surface area (Å²) in [4.78, 5) is 10.2. The third kappa shape index (κ3) is 4.10. The quantitative estimate of drug-likeness (QED) is 0.468. The van der Waals surface area contributed by atoms with Crippen molar-refractivity contribution in [3.8, 4) is 0 Å². The Labute approximate surface area is 171 Å². The number of sulfonamides is 2. The molecule has 0 saturated carbocycles. The second-order valence-corrected chi connectivity index (χ2v) is 10.8. The van der Waals surface area contributed by atoms with Crippen LogP contribution in [0.3, 0.4) is 0 Å². The van der Waals surface area contributed by atoms with Crippen LogP contribution >= 0.6 is 15.9 Å². The summed E-state index contributed by atoms with van der Waals surface area (Å²) in [5.41, 5.74) is -0.205. The average Bonchev–Trinajstić information content (AvgIpc) is 2.68. The van der Waals surface area contributed by atoms with Gasteiger partial charge in [-0.25, -0.2) is 16.8 Å². The minimum absolute atomic E-state index is 0.00739. The first-order valence-electron chi connectivity index (χ1n) is 8.13. The number of halogens is 1. The predicted octanol–water partition coefficient (Wildman–Crippen LogP) is 2.05. The van der Waals surface area contributed by atoms with E-state index in [1.165, 1.54) is 32.9 Å². The Morgan fingerprint density at radius 2 is 1.32 bits per heavy atom. The van der Waals surface area contributed by atoms with Crippen LogP contribution in [0, 0.1) is 10.1 Å². The van der Waals surface area contributed by atoms with Crippen LogP contribution in [-0.4, -0.2) is 56.5 Å². The summed E-state index contributed by atoms with van der Waals surface area (Å²) in [6.45, 7) is 0.0151. The second-order valence-electron chi connectivity index (χ2n) is 6.02. The first-order chi connectivity index (χ1) is 13.1. The van der Waals surface area contributed by atoms with Crippen LogP contribution in [0.25, 0.3) is 0 Å². The Hall–Kier alpha value is -1.86. The molecule has 150 valence electrons. The molecule has 3 rings (SSSR count). The van der Waals surface area contributed by atoms with Crippen LogP contribution < -0.4 is 0 Å². The summed E-state index contributed by atoms with van der Waals surface area (Å²) in [5, 5.41) is 10.7. The summed E-state index contributed by atoms with van der Waals surface area (Å²) in [5.74, 6) is 0. The van der Waals surface area contributed by atoms with E-state index in [0.29, 0.717) is 4.47 Å². The highest BCUT2D eigenvalue weighted by Crippen LogP contribution is 2.24. The molecule has 1 fully saturated rings. The lowest BCUT2D eigenvalue weighted by Crippen LogP contribution is -2.50. The van der Waals surface area contributed by atoms with E-state index in [-0.39, 0.29) is 41.7 Å². The Balaban J connectivity index is 1.75. The maximum Gasteiger partial charge on any atom is 0.269 e. The van der Waals surface area contributed by atoms with Crippen molar-refractivity contribution in [1.82, 2.24) is 8.61 Å². The van der Waals surface area contributed by atoms with Crippen LogP contribution in [0.5, 0.6) is 0 Å². The largest absolute Gasteiger partial charge is 0.269 e. The highest BCUT2D eigenvalue weighted by Gasteiger charge is 2.34. The fraction of sp³-hybridized carbons (Fsp3) is 0.250. The van der Waals surface area contributed by atoms with Gasteiger partial charge in [0.1, 0.15) is 0 Å². The van der Waals surface area contributed by atoms with Crippen molar-refractivity contribution in [1.29, 1.82) is 0 Å². The number of nitro benzene ring substituents is 1. The van der Waals surface area contributed by atoms with Gasteiger partial charge in [0.05, 0.1) is 14.7 Å². The van der Waals surface area contributed by atoms with Gasteiger partial charge in [-0.2, -0.15) is 8.61 Å². The molecule has 0 unspecified atom stereocenters. The van der Waals surface area contributed by atoms with E-state index < -0.39 is 25.0 Å². The summed E-state index contributed by atoms with van der Waals surface area (Å²) >= 11 is 3.24. The first-order valence-corrected chi connectivity index (χ1v) is 11.8. The van der Waals surface area contributed by atoms with Crippen LogP contribution in [-0.2, 0) is 20.0 Å². The van der Waals surface area contributed by atoms with E-state index in [0.717, 1.165) is 12.1 Å². The molecule has 1 heterocycles. The summed E-state index contributed by atoms with van der Waals surface area (Å²) in [7, 11) is -7.59. The Kier molecular flexibility index (Phi) is 5.87. The summed E-state index contributed by atoms with van der Waals surface area (Å²) in [6, 6.07) is 10.9. The number of hydrogen-bond donors (Lipinski definition) is 0. The van der Waals surface area contributed by atoms with Gasteiger partial charge in [0.25, 0.3) is 5.69 Å². The second kappa shape index (κ2) is 7.87. The molecule has 0 radical (unpaired) electrons. The zero-order chi connectivity index (χ0) is 20.5. The van der Waals surface area contributed by atoms with E-state index >= 15 is 0 Å². The molecular weight excluding hydrogens is 474 g/mol. The average molecular weight is 490 g/mol. The monoisotopic (exact) mass is 489 g/mol. The zero-order valence-corrected chi connectivity index (χ0v) is 17.7. The fourth-order valence-electron chi connectivity index (χ4n) is 2.82. The number of benzene rings is 2. The SMILES string of the molecule is O=[N+]([O-])c1ccc(S(=O)(=O)N2CCN(S(=O)(=O)c3cccc(Br)c3)CC2)cc1. The van der Waals surface area contributed by atoms with Gasteiger partial charge in [-0.05, 0) is 30.3 Å². The van der Waals surface area contributed by atoms with Gasteiger partial charge in [0.2, 0.25) is 20.0 Å². The number of nitrogens with zero attached hydrogens (tertiary/aromatic N) is 3. The van der Waals surface area contributed by atoms with Crippen molar-refractivity contribution in [3.63, 3.8) is 0 Å². The third-order valence-corrected chi connectivity index (χ3v) is 8.62. The standard InChI is InChI=1S/C16H16BrN3O6S2/c17-13-2-1-3-16(12-13)28(25,26)19-10-8-18(9-11-19)27(23,24)15-6-4-14(5-7-15)20(21)22/h1-7,12H,8-11H2. The molecule has 0 aliphatic carbocycles. The van der Waals surface area contributed by atoms with Crippen molar-refractivity contribution in [3.05, 3.63) is 63.1 Å². The third-order valence-electron chi connectivity index (χ3n) is 4.32. The van der Waals surface area contributed by atoms with Gasteiger partial charge in [0.15, 0.2) is 0 Å². The van der Waals surface area contributed by atoms with Crippen LogP contribution in [0.4, 0.5) is 5.69 Å². The maximum absolute atomic E-state index is 12.7. The molecule has 0 bridgehead atoms. The molecule has 2 aromatic rings. The Morgan fingerprint density at radius 1 is 0.821 bits per heavy atom. The molecule has 0 N–H and O–H groups in total. The van der Waals surface area contributed by atoms with E-state index in [2.05, 4.69) is 15.9 Å². The number of rotatable bonds is 5. The van der Waals surface area contributed by atoms with Crippen LogP contribution in [0.2, 0.25) is 0 Å². The van der Waals surface area contributed by atoms with Gasteiger partial charge in [-0.1, -0.05) is 22.0 Å². The lowest BCUT2D eigenvalue weighted by molar-refractivity contribution is -0.384. The fourth-order valence-corrected chi connectivity index (χ4v) is 6.26. The molecule has 1 saturated heterocycles. The Bertz CT molecular complexity index is 1100. The van der Waals surface area contributed by atoms with Gasteiger partial charge < -0.3 is 0 Å². The Morgan fingerprint density at radius 3 is 1.79 bits per heavy atom. The number of non-ortho nitro benzene ring substituents is 1. The molecule has 9 nitrogen and oxygen atoms in total. The van der Waals surface area contributed by atoms with Crippen molar-refractivity contribution in [2.45, 2.75) is 9.79 Å². The number of hydrogen-bond acceptors (Lipinski definition) is 6. The zero-order valence-electron chi connectivity index (χ0n) is 14.4. The molecule has 1 aliphatic rings. The number of piperazine rings is 1. The first kappa shape index (κ1) is 20.9. The molecular formula is C16H16BrN3O6S2. The maximum atomic E-state index is 12.7. The minimum Gasteiger partial charge on any atom is -0.258 e. The molecule has 12 heteroatoms. The van der Waals surface area contributed by atoms with Crippen molar-refractivity contribution < 1.29 is 21.8 Å². The van der Waals surface area contributed by atoms with Crippen LogP contribution in [0.15, 0.2) is 62.8 Å². The lowest BCUT2D eigenvalue weighted by atomic mass is 10.3. The highest BCUT2D eigenvalue weighted by molar-refractivity contribution is 9.10. The molecule has 0 atom stereocenters. The molecule has 0 aromatic heterocycles. The van der Waals surface area contributed by atoms with Crippen molar-refractivity contribution in [2.24, 2.45) is 0 Å². The minimum atomic E-state index is -3.86. The van der Waals surface area contributed by atoms with Gasteiger partial charge >= 0.3 is 0 Å². The predicted molar refractivity (Wildman–Crippen MR) is 105 cm³/mol. The van der Waals surface area contributed by atoms with E-state index in [9.17, 15) is 26.9 Å². The molecule has 1 aliphatic heterocycles. The molecule has 0 amide bonds. The summed E-state index contributed by atoms with van der Waals surface area (Å²) in [6.07, 6.45) is 0. The summed E-state index contributed by atoms with van der Waals surface area (Å²) < 4.78 is 54.0. The molecule has 0 spiro atoms. The van der Waals surface area contributed by atoms with E-state index in [4.69, 9.17) is 0 Å². The molecule has 28 heavy (non-hydrogen) atoms. The topological polar surface area (TPSA) is 118 Å². The van der Waals surface area contributed by atoms with Crippen molar-refractivity contribution in [2.75, 3.05) is 26.2 Å². The lowest BCUT2D eigenvalue weighted by Gasteiger charge is -2.33. The van der Waals surface area contributed by atoms with Gasteiger partial charge in [-0.15, -0.1) is 0 Å². The van der Waals surface area contributed by atoms with Gasteiger partial charge in [-0.3, -0.25) is 10.1 Å².